The van der Waals surface area contributed by atoms with E-state index in [1.165, 1.54) is 11.8 Å². The molecule has 38 heavy (non-hydrogen) atoms. The van der Waals surface area contributed by atoms with Crippen molar-refractivity contribution in [2.45, 2.75) is 69.7 Å². The smallest absolute Gasteiger partial charge is 0.254 e. The van der Waals surface area contributed by atoms with Crippen LogP contribution >= 0.6 is 23.4 Å². The van der Waals surface area contributed by atoms with Gasteiger partial charge in [0.1, 0.15) is 0 Å². The number of H-pyrrole nitrogens is 1. The SMILES string of the molecule is CSc1cc(C)[nH]c(=O)c1CNC(=O)c1cc(Cl)c2c(c1C)O[C@](C)([C@H]1CC[C@H](N3CC(C#N)C3)CC1)O2. The molecule has 0 bridgehead atoms. The Morgan fingerprint density at radius 1 is 1.24 bits per heavy atom. The van der Waals surface area contributed by atoms with Crippen LogP contribution in [-0.2, 0) is 6.54 Å². The number of amides is 1. The fourth-order valence-electron chi connectivity index (χ4n) is 5.91. The number of hydrogen-bond acceptors (Lipinski definition) is 7. The molecule has 8 nitrogen and oxygen atoms in total. The Morgan fingerprint density at radius 3 is 2.58 bits per heavy atom. The zero-order valence-corrected chi connectivity index (χ0v) is 23.7. The quantitative estimate of drug-likeness (QED) is 0.492. The second-order valence-electron chi connectivity index (χ2n) is 10.7. The van der Waals surface area contributed by atoms with Crippen LogP contribution in [0.2, 0.25) is 5.02 Å². The zero-order valence-electron chi connectivity index (χ0n) is 22.2. The molecule has 0 spiro atoms. The minimum absolute atomic E-state index is 0.100. The lowest BCUT2D eigenvalue weighted by atomic mass is 9.79. The summed E-state index contributed by atoms with van der Waals surface area (Å²) in [5.74, 6) is 0.147. The number of pyridine rings is 1. The molecule has 202 valence electrons. The maximum Gasteiger partial charge on any atom is 0.254 e. The van der Waals surface area contributed by atoms with Gasteiger partial charge in [0.25, 0.3) is 17.3 Å². The normalized spacial score (nSPS) is 25.1. The van der Waals surface area contributed by atoms with Crippen LogP contribution in [0.25, 0.3) is 0 Å². The van der Waals surface area contributed by atoms with Crippen molar-refractivity contribution in [3.63, 3.8) is 0 Å². The highest BCUT2D eigenvalue weighted by Gasteiger charge is 2.48. The number of aromatic amines is 1. The minimum atomic E-state index is -0.858. The molecule has 1 aromatic carbocycles. The summed E-state index contributed by atoms with van der Waals surface area (Å²) >= 11 is 8.08. The van der Waals surface area contributed by atoms with Gasteiger partial charge in [-0.05, 0) is 57.9 Å². The van der Waals surface area contributed by atoms with Crippen LogP contribution in [0.5, 0.6) is 11.5 Å². The van der Waals surface area contributed by atoms with Crippen LogP contribution in [0.3, 0.4) is 0 Å². The van der Waals surface area contributed by atoms with Crippen molar-refractivity contribution in [3.05, 3.63) is 49.9 Å². The van der Waals surface area contributed by atoms with Crippen molar-refractivity contribution in [2.75, 3.05) is 19.3 Å². The van der Waals surface area contributed by atoms with Crippen LogP contribution in [0.1, 0.15) is 59.8 Å². The maximum absolute atomic E-state index is 13.2. The maximum atomic E-state index is 13.2. The number of thioether (sulfide) groups is 1. The second-order valence-corrected chi connectivity index (χ2v) is 12.0. The molecule has 10 heteroatoms. The van der Waals surface area contributed by atoms with E-state index in [0.29, 0.717) is 39.3 Å². The third kappa shape index (κ3) is 4.90. The molecule has 2 aromatic rings. The monoisotopic (exact) mass is 556 g/mol. The summed E-state index contributed by atoms with van der Waals surface area (Å²) in [5.41, 5.74) is 2.14. The van der Waals surface area contributed by atoms with Gasteiger partial charge in [0.05, 0.1) is 17.0 Å². The summed E-state index contributed by atoms with van der Waals surface area (Å²) < 4.78 is 12.8. The molecule has 3 aliphatic rings. The predicted octanol–water partition coefficient (Wildman–Crippen LogP) is 4.80. The van der Waals surface area contributed by atoms with Crippen molar-refractivity contribution >= 4 is 29.3 Å². The van der Waals surface area contributed by atoms with E-state index < -0.39 is 5.79 Å². The Kier molecular flexibility index (Phi) is 7.42. The molecular weight excluding hydrogens is 524 g/mol. The number of nitriles is 1. The lowest BCUT2D eigenvalue weighted by Gasteiger charge is -2.45. The Labute approximate surface area is 232 Å². The fourth-order valence-corrected chi connectivity index (χ4v) is 6.85. The number of carbonyl (C=O) groups excluding carboxylic acids is 1. The number of likely N-dealkylation sites (tertiary alicyclic amines) is 1. The van der Waals surface area contributed by atoms with E-state index in [1.54, 1.807) is 6.07 Å². The Bertz CT molecular complexity index is 1360. The van der Waals surface area contributed by atoms with E-state index in [1.807, 2.05) is 33.1 Å². The Morgan fingerprint density at radius 2 is 1.92 bits per heavy atom. The molecule has 1 amide bonds. The van der Waals surface area contributed by atoms with Gasteiger partial charge in [0.2, 0.25) is 0 Å². The van der Waals surface area contributed by atoms with E-state index in [4.69, 9.17) is 26.3 Å². The Hall–Kier alpha value is -2.67. The molecular formula is C28H33ClN4O4S. The molecule has 5 rings (SSSR count). The predicted molar refractivity (Wildman–Crippen MR) is 147 cm³/mol. The molecule has 1 saturated carbocycles. The van der Waals surface area contributed by atoms with E-state index in [2.05, 4.69) is 21.3 Å². The van der Waals surface area contributed by atoms with Gasteiger partial charge in [-0.1, -0.05) is 11.6 Å². The average Bonchev–Trinajstić information content (AvgIpc) is 3.24. The van der Waals surface area contributed by atoms with Crippen molar-refractivity contribution in [3.8, 4) is 17.6 Å². The highest BCUT2D eigenvalue weighted by Crippen LogP contribution is 2.52. The van der Waals surface area contributed by atoms with Crippen molar-refractivity contribution in [2.24, 2.45) is 11.8 Å². The molecule has 3 heterocycles. The number of fused-ring (bicyclic) bond motifs is 1. The second kappa shape index (κ2) is 10.5. The molecule has 2 aliphatic heterocycles. The standard InChI is InChI=1S/C28H33ClN4O4S/c1-15-9-23(38-4)21(27(35)32-15)12-31-26(34)20-10-22(29)25-24(16(20)2)36-28(3,37-25)18-5-7-19(8-6-18)33-13-17(11-30)14-33/h9-10,17-19H,5-8,12-14H2,1-4H3,(H,31,34)(H,32,35)/t18-,19-,28-/m0/s1. The number of aromatic nitrogens is 1. The number of aryl methyl sites for hydroxylation is 1. The van der Waals surface area contributed by atoms with E-state index in [-0.39, 0.29) is 29.8 Å². The van der Waals surface area contributed by atoms with Crippen LogP contribution < -0.4 is 20.3 Å². The summed E-state index contributed by atoms with van der Waals surface area (Å²) in [5, 5.41) is 12.3. The van der Waals surface area contributed by atoms with Gasteiger partial charge in [0.15, 0.2) is 11.5 Å². The summed E-state index contributed by atoms with van der Waals surface area (Å²) in [7, 11) is 0. The molecule has 1 aliphatic carbocycles. The number of ether oxygens (including phenoxy) is 2. The van der Waals surface area contributed by atoms with Gasteiger partial charge in [-0.3, -0.25) is 14.5 Å². The number of halogens is 1. The summed E-state index contributed by atoms with van der Waals surface area (Å²) in [4.78, 5) is 31.7. The molecule has 1 atom stereocenters. The number of nitrogens with one attached hydrogen (secondary N) is 2. The van der Waals surface area contributed by atoms with Gasteiger partial charge in [-0.15, -0.1) is 11.8 Å². The molecule has 2 fully saturated rings. The number of carbonyl (C=O) groups is 1. The van der Waals surface area contributed by atoms with Crippen LogP contribution in [-0.4, -0.2) is 47.0 Å². The number of hydrogen-bond donors (Lipinski definition) is 2. The largest absolute Gasteiger partial charge is 0.448 e. The first-order valence-electron chi connectivity index (χ1n) is 13.0. The van der Waals surface area contributed by atoms with Crippen molar-refractivity contribution < 1.29 is 14.3 Å². The van der Waals surface area contributed by atoms with Gasteiger partial charge < -0.3 is 19.8 Å². The summed E-state index contributed by atoms with van der Waals surface area (Å²) in [6.45, 7) is 7.46. The van der Waals surface area contributed by atoms with Gasteiger partial charge in [0, 0.05) is 65.8 Å². The van der Waals surface area contributed by atoms with Gasteiger partial charge >= 0.3 is 0 Å². The first-order valence-corrected chi connectivity index (χ1v) is 14.6. The highest BCUT2D eigenvalue weighted by atomic mass is 35.5. The van der Waals surface area contributed by atoms with Crippen LogP contribution in [0.4, 0.5) is 0 Å². The van der Waals surface area contributed by atoms with Crippen molar-refractivity contribution in [1.29, 1.82) is 5.26 Å². The van der Waals surface area contributed by atoms with Crippen molar-refractivity contribution in [1.82, 2.24) is 15.2 Å². The third-order valence-electron chi connectivity index (χ3n) is 8.22. The third-order valence-corrected chi connectivity index (χ3v) is 9.30. The molecule has 2 N–H and O–H groups in total. The first kappa shape index (κ1) is 26.9. The number of benzene rings is 1. The molecule has 1 aromatic heterocycles. The molecule has 0 unspecified atom stereocenters. The average molecular weight is 557 g/mol. The fraction of sp³-hybridized carbons (Fsp3) is 0.536. The van der Waals surface area contributed by atoms with E-state index >= 15 is 0 Å². The zero-order chi connectivity index (χ0) is 27.2. The molecule has 0 radical (unpaired) electrons. The topological polar surface area (TPSA) is 107 Å². The number of nitrogens with zero attached hydrogens (tertiary/aromatic N) is 2. The lowest BCUT2D eigenvalue weighted by molar-refractivity contribution is -0.126. The molecule has 1 saturated heterocycles. The highest BCUT2D eigenvalue weighted by molar-refractivity contribution is 7.98. The summed E-state index contributed by atoms with van der Waals surface area (Å²) in [6, 6.07) is 6.37. The minimum Gasteiger partial charge on any atom is -0.448 e. The first-order chi connectivity index (χ1) is 18.1. The lowest BCUT2D eigenvalue weighted by Crippen LogP contribution is -2.54. The van der Waals surface area contributed by atoms with Gasteiger partial charge in [-0.25, -0.2) is 0 Å². The van der Waals surface area contributed by atoms with Crippen LogP contribution in [0.15, 0.2) is 21.8 Å². The van der Waals surface area contributed by atoms with E-state index in [0.717, 1.165) is 49.4 Å². The number of rotatable bonds is 6. The van der Waals surface area contributed by atoms with Crippen LogP contribution in [0, 0.1) is 37.0 Å². The Balaban J connectivity index is 1.27. The summed E-state index contributed by atoms with van der Waals surface area (Å²) in [6.07, 6.45) is 5.89. The van der Waals surface area contributed by atoms with E-state index in [9.17, 15) is 9.59 Å². The van der Waals surface area contributed by atoms with Gasteiger partial charge in [-0.2, -0.15) is 5.26 Å².